The monoisotopic (exact) mass is 200 g/mol. The first kappa shape index (κ1) is 10.5. The molecule has 0 spiro atoms. The number of hydrogen-bond donors (Lipinski definition) is 0. The van der Waals surface area contributed by atoms with Crippen molar-refractivity contribution in [3.05, 3.63) is 30.1 Å². The molecule has 0 aliphatic heterocycles. The fraction of sp³-hybridized carbons (Fsp3) is 0.333. The van der Waals surface area contributed by atoms with Crippen LogP contribution in [0.3, 0.4) is 0 Å². The molecular formula is C9H7F3N2. The van der Waals surface area contributed by atoms with Crippen molar-refractivity contribution < 1.29 is 13.2 Å². The number of nitrogens with zero attached hydrogens (tertiary/aromatic N) is 2. The highest BCUT2D eigenvalue weighted by molar-refractivity contribution is 5.16. The largest absolute Gasteiger partial charge is 0.390 e. The average Bonchev–Trinajstić information content (AvgIpc) is 2.14. The quantitative estimate of drug-likeness (QED) is 0.735. The molecule has 0 fully saturated rings. The Labute approximate surface area is 79.0 Å². The van der Waals surface area contributed by atoms with E-state index in [4.69, 9.17) is 5.26 Å². The van der Waals surface area contributed by atoms with Gasteiger partial charge in [0.05, 0.1) is 24.1 Å². The zero-order valence-corrected chi connectivity index (χ0v) is 7.12. The second-order valence-corrected chi connectivity index (χ2v) is 2.76. The summed E-state index contributed by atoms with van der Waals surface area (Å²) in [6, 6.07) is 6.16. The Bertz CT molecular complexity index is 326. The Hall–Kier alpha value is -1.57. The van der Waals surface area contributed by atoms with Gasteiger partial charge in [0.15, 0.2) is 0 Å². The van der Waals surface area contributed by atoms with Crippen molar-refractivity contribution in [1.82, 2.24) is 4.98 Å². The van der Waals surface area contributed by atoms with E-state index in [9.17, 15) is 13.2 Å². The van der Waals surface area contributed by atoms with Crippen molar-refractivity contribution in [2.24, 2.45) is 0 Å². The zero-order chi connectivity index (χ0) is 10.6. The van der Waals surface area contributed by atoms with Crippen LogP contribution in [0, 0.1) is 11.3 Å². The van der Waals surface area contributed by atoms with E-state index in [1.165, 1.54) is 12.3 Å². The second kappa shape index (κ2) is 4.09. The fourth-order valence-electron chi connectivity index (χ4n) is 1.03. The van der Waals surface area contributed by atoms with Gasteiger partial charge in [-0.2, -0.15) is 18.4 Å². The summed E-state index contributed by atoms with van der Waals surface area (Å²) in [5.74, 6) is -1.21. The van der Waals surface area contributed by atoms with Crippen molar-refractivity contribution in [2.75, 3.05) is 0 Å². The third kappa shape index (κ3) is 3.05. The van der Waals surface area contributed by atoms with Crippen LogP contribution in [-0.2, 0) is 0 Å². The van der Waals surface area contributed by atoms with Crippen molar-refractivity contribution in [2.45, 2.75) is 18.5 Å². The molecule has 14 heavy (non-hydrogen) atoms. The van der Waals surface area contributed by atoms with Gasteiger partial charge in [0, 0.05) is 6.20 Å². The first-order valence-corrected chi connectivity index (χ1v) is 3.90. The van der Waals surface area contributed by atoms with Crippen molar-refractivity contribution in [3.8, 4) is 6.07 Å². The summed E-state index contributed by atoms with van der Waals surface area (Å²) < 4.78 is 36.0. The highest BCUT2D eigenvalue weighted by Gasteiger charge is 2.33. The molecule has 1 atom stereocenters. The average molecular weight is 200 g/mol. The van der Waals surface area contributed by atoms with Crippen LogP contribution >= 0.6 is 0 Å². The molecule has 0 aromatic carbocycles. The Morgan fingerprint density at radius 1 is 1.43 bits per heavy atom. The maximum absolute atomic E-state index is 12.0. The maximum Gasteiger partial charge on any atom is 0.390 e. The Balaban J connectivity index is 2.80. The van der Waals surface area contributed by atoms with Crippen LogP contribution in [0.1, 0.15) is 18.0 Å². The number of hydrogen-bond acceptors (Lipinski definition) is 2. The van der Waals surface area contributed by atoms with Crippen LogP contribution in [0.5, 0.6) is 0 Å². The van der Waals surface area contributed by atoms with E-state index in [1.807, 2.05) is 0 Å². The molecule has 0 saturated carbocycles. The standard InChI is InChI=1S/C9H7F3N2/c10-9(11,12)5-7(6-13)8-3-1-2-4-14-8/h1-4,7H,5H2/t7-/m1/s1. The minimum atomic E-state index is -4.34. The lowest BCUT2D eigenvalue weighted by Gasteiger charge is -2.10. The topological polar surface area (TPSA) is 36.7 Å². The van der Waals surface area contributed by atoms with Gasteiger partial charge in [0.1, 0.15) is 0 Å². The molecule has 0 radical (unpaired) electrons. The third-order valence-electron chi connectivity index (χ3n) is 1.64. The van der Waals surface area contributed by atoms with Gasteiger partial charge in [-0.15, -0.1) is 0 Å². The van der Waals surface area contributed by atoms with E-state index in [-0.39, 0.29) is 5.69 Å². The molecule has 5 heteroatoms. The van der Waals surface area contributed by atoms with Gasteiger partial charge in [0.25, 0.3) is 0 Å². The normalized spacial score (nSPS) is 13.3. The number of nitriles is 1. The summed E-state index contributed by atoms with van der Waals surface area (Å²) in [7, 11) is 0. The molecule has 0 amide bonds. The molecule has 74 valence electrons. The Morgan fingerprint density at radius 3 is 2.57 bits per heavy atom. The van der Waals surface area contributed by atoms with E-state index in [2.05, 4.69) is 4.98 Å². The number of halogens is 3. The van der Waals surface area contributed by atoms with Crippen LogP contribution in [0.25, 0.3) is 0 Å². The van der Waals surface area contributed by atoms with Gasteiger partial charge in [0.2, 0.25) is 0 Å². The maximum atomic E-state index is 12.0. The molecule has 0 N–H and O–H groups in total. The molecule has 0 aliphatic rings. The van der Waals surface area contributed by atoms with Crippen molar-refractivity contribution in [1.29, 1.82) is 5.26 Å². The molecule has 1 aromatic heterocycles. The third-order valence-corrected chi connectivity index (χ3v) is 1.64. The van der Waals surface area contributed by atoms with Crippen molar-refractivity contribution in [3.63, 3.8) is 0 Å². The van der Waals surface area contributed by atoms with E-state index >= 15 is 0 Å². The highest BCUT2D eigenvalue weighted by atomic mass is 19.4. The molecule has 0 bridgehead atoms. The lowest BCUT2D eigenvalue weighted by molar-refractivity contribution is -0.136. The highest BCUT2D eigenvalue weighted by Crippen LogP contribution is 2.29. The lowest BCUT2D eigenvalue weighted by Crippen LogP contribution is -2.13. The first-order chi connectivity index (χ1) is 6.53. The molecule has 1 rings (SSSR count). The first-order valence-electron chi connectivity index (χ1n) is 3.90. The molecule has 0 aliphatic carbocycles. The molecule has 0 unspecified atom stereocenters. The zero-order valence-electron chi connectivity index (χ0n) is 7.12. The molecular weight excluding hydrogens is 193 g/mol. The Morgan fingerprint density at radius 2 is 2.14 bits per heavy atom. The van der Waals surface area contributed by atoms with Gasteiger partial charge in [-0.05, 0) is 12.1 Å². The summed E-state index contributed by atoms with van der Waals surface area (Å²) in [6.45, 7) is 0. The van der Waals surface area contributed by atoms with Gasteiger partial charge < -0.3 is 0 Å². The van der Waals surface area contributed by atoms with Gasteiger partial charge in [-0.3, -0.25) is 4.98 Å². The summed E-state index contributed by atoms with van der Waals surface area (Å²) in [6.07, 6.45) is -4.12. The van der Waals surface area contributed by atoms with Crippen LogP contribution in [0.2, 0.25) is 0 Å². The molecule has 2 nitrogen and oxygen atoms in total. The van der Waals surface area contributed by atoms with Gasteiger partial charge in [-0.1, -0.05) is 6.07 Å². The summed E-state index contributed by atoms with van der Waals surface area (Å²) in [5, 5.41) is 8.55. The number of alkyl halides is 3. The lowest BCUT2D eigenvalue weighted by atomic mass is 10.0. The number of aromatic nitrogens is 1. The summed E-state index contributed by atoms with van der Waals surface area (Å²) in [5.41, 5.74) is 0.160. The summed E-state index contributed by atoms with van der Waals surface area (Å²) in [4.78, 5) is 3.71. The van der Waals surface area contributed by atoms with Crippen LogP contribution in [-0.4, -0.2) is 11.2 Å². The van der Waals surface area contributed by atoms with Gasteiger partial charge >= 0.3 is 6.18 Å². The molecule has 0 saturated heterocycles. The van der Waals surface area contributed by atoms with Crippen molar-refractivity contribution >= 4 is 0 Å². The smallest absolute Gasteiger partial charge is 0.260 e. The van der Waals surface area contributed by atoms with E-state index in [0.29, 0.717) is 0 Å². The Kier molecular flexibility index (Phi) is 3.07. The minimum Gasteiger partial charge on any atom is -0.260 e. The minimum absolute atomic E-state index is 0.160. The number of pyridine rings is 1. The SMILES string of the molecule is N#C[C@@H](CC(F)(F)F)c1ccccn1. The van der Waals surface area contributed by atoms with E-state index in [0.717, 1.165) is 0 Å². The van der Waals surface area contributed by atoms with E-state index < -0.39 is 18.5 Å². The second-order valence-electron chi connectivity index (χ2n) is 2.76. The van der Waals surface area contributed by atoms with Crippen LogP contribution < -0.4 is 0 Å². The van der Waals surface area contributed by atoms with Gasteiger partial charge in [-0.25, -0.2) is 0 Å². The number of rotatable bonds is 2. The molecule has 1 aromatic rings. The predicted octanol–water partition coefficient (Wildman–Crippen LogP) is 2.64. The summed E-state index contributed by atoms with van der Waals surface area (Å²) >= 11 is 0. The molecule has 1 heterocycles. The fourth-order valence-corrected chi connectivity index (χ4v) is 1.03. The predicted molar refractivity (Wildman–Crippen MR) is 43.3 cm³/mol. The van der Waals surface area contributed by atoms with E-state index in [1.54, 1.807) is 18.2 Å². The van der Waals surface area contributed by atoms with Crippen LogP contribution in [0.4, 0.5) is 13.2 Å². The van der Waals surface area contributed by atoms with Crippen LogP contribution in [0.15, 0.2) is 24.4 Å².